The second kappa shape index (κ2) is 10.1. The van der Waals surface area contributed by atoms with Crippen molar-refractivity contribution >= 4 is 27.2 Å². The van der Waals surface area contributed by atoms with Gasteiger partial charge in [-0.25, -0.2) is 8.42 Å². The lowest BCUT2D eigenvalue weighted by Gasteiger charge is -2.16. The van der Waals surface area contributed by atoms with Crippen LogP contribution in [0.4, 0.5) is 0 Å². The number of aryl methyl sites for hydroxylation is 1. The van der Waals surface area contributed by atoms with E-state index in [4.69, 9.17) is 17.0 Å². The Hall–Kier alpha value is -1.14. The Kier molecular flexibility index (Phi) is 8.16. The minimum Gasteiger partial charge on any atom is -0.432 e. The molecule has 1 aromatic rings. The van der Waals surface area contributed by atoms with Crippen LogP contribution in [0.15, 0.2) is 24.3 Å². The third kappa shape index (κ3) is 7.32. The van der Waals surface area contributed by atoms with Gasteiger partial charge in [0.15, 0.2) is 9.84 Å². The van der Waals surface area contributed by atoms with Crippen molar-refractivity contribution in [3.63, 3.8) is 0 Å². The molecule has 1 heterocycles. The summed E-state index contributed by atoms with van der Waals surface area (Å²) in [5, 5.41) is 3.29. The molecule has 0 bridgehead atoms. The maximum Gasteiger partial charge on any atom is 0.262 e. The Labute approximate surface area is 157 Å². The Morgan fingerprint density at radius 2 is 1.92 bits per heavy atom. The SMILES string of the molecule is CCCCCCCCc1ccccc1OC(=S)NC1CCS(=O)(=O)C1. The van der Waals surface area contributed by atoms with Gasteiger partial charge in [-0.1, -0.05) is 57.2 Å². The van der Waals surface area contributed by atoms with E-state index in [2.05, 4.69) is 18.3 Å². The van der Waals surface area contributed by atoms with E-state index in [1.54, 1.807) is 0 Å². The van der Waals surface area contributed by atoms with Gasteiger partial charge in [0.1, 0.15) is 5.75 Å². The first-order valence-corrected chi connectivity index (χ1v) is 11.5. The zero-order valence-corrected chi connectivity index (χ0v) is 16.6. The molecule has 1 aliphatic heterocycles. The summed E-state index contributed by atoms with van der Waals surface area (Å²) in [6.45, 7) is 2.23. The Bertz CT molecular complexity index is 658. The molecule has 2 rings (SSSR count). The van der Waals surface area contributed by atoms with Crippen LogP contribution in [0.5, 0.6) is 5.75 Å². The summed E-state index contributed by atoms with van der Waals surface area (Å²) in [5.41, 5.74) is 1.15. The van der Waals surface area contributed by atoms with Crippen LogP contribution in [0.3, 0.4) is 0 Å². The van der Waals surface area contributed by atoms with E-state index in [9.17, 15) is 8.42 Å². The fourth-order valence-electron chi connectivity index (χ4n) is 3.11. The first kappa shape index (κ1) is 20.2. The number of benzene rings is 1. The number of hydrogen-bond acceptors (Lipinski definition) is 4. The number of para-hydroxylation sites is 1. The zero-order chi connectivity index (χ0) is 18.1. The van der Waals surface area contributed by atoms with Crippen LogP contribution in [-0.4, -0.2) is 31.1 Å². The van der Waals surface area contributed by atoms with E-state index in [-0.39, 0.29) is 22.7 Å². The van der Waals surface area contributed by atoms with E-state index in [0.29, 0.717) is 6.42 Å². The van der Waals surface area contributed by atoms with Gasteiger partial charge in [0.2, 0.25) is 0 Å². The van der Waals surface area contributed by atoms with Gasteiger partial charge in [-0.3, -0.25) is 0 Å². The number of rotatable bonds is 9. The highest BCUT2D eigenvalue weighted by Gasteiger charge is 2.28. The molecule has 1 fully saturated rings. The second-order valence-corrected chi connectivity index (χ2v) is 9.36. The van der Waals surface area contributed by atoms with E-state index in [0.717, 1.165) is 24.2 Å². The van der Waals surface area contributed by atoms with Crippen molar-refractivity contribution in [2.75, 3.05) is 11.5 Å². The molecule has 1 unspecified atom stereocenters. The van der Waals surface area contributed by atoms with Crippen molar-refractivity contribution in [1.29, 1.82) is 0 Å². The van der Waals surface area contributed by atoms with Crippen molar-refractivity contribution in [3.05, 3.63) is 29.8 Å². The molecule has 1 N–H and O–H groups in total. The van der Waals surface area contributed by atoms with Crippen LogP contribution >= 0.6 is 12.2 Å². The van der Waals surface area contributed by atoms with Crippen molar-refractivity contribution in [2.45, 2.75) is 64.3 Å². The molecule has 0 saturated carbocycles. The molecule has 0 aliphatic carbocycles. The predicted molar refractivity (Wildman–Crippen MR) is 107 cm³/mol. The standard InChI is InChI=1S/C19H29NO3S2/c1-2-3-4-5-6-7-10-16-11-8-9-12-18(16)23-19(24)20-17-13-14-25(21,22)15-17/h8-9,11-12,17H,2-7,10,13-15H2,1H3,(H,20,24). The topological polar surface area (TPSA) is 55.4 Å². The van der Waals surface area contributed by atoms with Gasteiger partial charge in [0.25, 0.3) is 5.17 Å². The van der Waals surface area contributed by atoms with Crippen LogP contribution in [0, 0.1) is 0 Å². The summed E-state index contributed by atoms with van der Waals surface area (Å²) in [4.78, 5) is 0. The highest BCUT2D eigenvalue weighted by Crippen LogP contribution is 2.21. The molecule has 0 amide bonds. The van der Waals surface area contributed by atoms with Crippen LogP contribution in [0.2, 0.25) is 0 Å². The first-order chi connectivity index (χ1) is 12.0. The second-order valence-electron chi connectivity index (χ2n) is 6.76. The molecule has 6 heteroatoms. The lowest BCUT2D eigenvalue weighted by Crippen LogP contribution is -2.37. The summed E-state index contributed by atoms with van der Waals surface area (Å²) in [5.74, 6) is 1.13. The maximum atomic E-state index is 11.5. The lowest BCUT2D eigenvalue weighted by atomic mass is 10.0. The third-order valence-electron chi connectivity index (χ3n) is 4.53. The van der Waals surface area contributed by atoms with Crippen LogP contribution in [-0.2, 0) is 16.3 Å². The Balaban J connectivity index is 1.80. The summed E-state index contributed by atoms with van der Waals surface area (Å²) in [6, 6.07) is 7.81. The fourth-order valence-corrected chi connectivity index (χ4v) is 5.04. The number of ether oxygens (including phenoxy) is 1. The Morgan fingerprint density at radius 1 is 1.20 bits per heavy atom. The van der Waals surface area contributed by atoms with Crippen LogP contribution in [0.25, 0.3) is 0 Å². The van der Waals surface area contributed by atoms with Crippen molar-refractivity contribution in [3.8, 4) is 5.75 Å². The summed E-state index contributed by atoms with van der Waals surface area (Å²) in [6.07, 6.45) is 9.12. The number of thiocarbonyl (C=S) groups is 1. The molecule has 140 valence electrons. The fraction of sp³-hybridized carbons (Fsp3) is 0.632. The minimum atomic E-state index is -2.92. The maximum absolute atomic E-state index is 11.5. The number of hydrogen-bond donors (Lipinski definition) is 1. The summed E-state index contributed by atoms with van der Waals surface area (Å²) < 4.78 is 28.8. The highest BCUT2D eigenvalue weighted by molar-refractivity contribution is 7.91. The number of unbranched alkanes of at least 4 members (excludes halogenated alkanes) is 5. The molecule has 0 spiro atoms. The molecule has 0 aromatic heterocycles. The van der Waals surface area contributed by atoms with Gasteiger partial charge < -0.3 is 10.1 Å². The molecule has 4 nitrogen and oxygen atoms in total. The average Bonchev–Trinajstić information content (AvgIpc) is 2.90. The molecule has 1 aromatic carbocycles. The average molecular weight is 384 g/mol. The number of nitrogens with one attached hydrogen (secondary N) is 1. The van der Waals surface area contributed by atoms with Crippen molar-refractivity contribution in [1.82, 2.24) is 5.32 Å². The Morgan fingerprint density at radius 3 is 2.64 bits per heavy atom. The molecule has 1 saturated heterocycles. The van der Waals surface area contributed by atoms with Gasteiger partial charge in [-0.15, -0.1) is 0 Å². The smallest absolute Gasteiger partial charge is 0.262 e. The molecule has 1 atom stereocenters. The van der Waals surface area contributed by atoms with Gasteiger partial charge in [-0.05, 0) is 43.1 Å². The van der Waals surface area contributed by atoms with Gasteiger partial charge in [-0.2, -0.15) is 0 Å². The van der Waals surface area contributed by atoms with Crippen LogP contribution < -0.4 is 10.1 Å². The van der Waals surface area contributed by atoms with E-state index in [1.807, 2.05) is 18.2 Å². The van der Waals surface area contributed by atoms with E-state index < -0.39 is 9.84 Å². The lowest BCUT2D eigenvalue weighted by molar-refractivity contribution is 0.501. The monoisotopic (exact) mass is 383 g/mol. The molecule has 1 aliphatic rings. The molecular formula is C19H29NO3S2. The molecule has 0 radical (unpaired) electrons. The minimum absolute atomic E-state index is 0.135. The van der Waals surface area contributed by atoms with Gasteiger partial charge >= 0.3 is 0 Å². The summed E-state index contributed by atoms with van der Waals surface area (Å²) >= 11 is 5.26. The number of sulfone groups is 1. The zero-order valence-electron chi connectivity index (χ0n) is 15.0. The third-order valence-corrected chi connectivity index (χ3v) is 6.50. The van der Waals surface area contributed by atoms with Crippen LogP contribution in [0.1, 0.15) is 57.4 Å². The van der Waals surface area contributed by atoms with E-state index in [1.165, 1.54) is 32.1 Å². The largest absolute Gasteiger partial charge is 0.432 e. The van der Waals surface area contributed by atoms with E-state index >= 15 is 0 Å². The quantitative estimate of drug-likeness (QED) is 0.515. The first-order valence-electron chi connectivity index (χ1n) is 9.27. The van der Waals surface area contributed by atoms with Crippen molar-refractivity contribution < 1.29 is 13.2 Å². The summed E-state index contributed by atoms with van der Waals surface area (Å²) in [7, 11) is -2.92. The van der Waals surface area contributed by atoms with Gasteiger partial charge in [0, 0.05) is 6.04 Å². The molecule has 25 heavy (non-hydrogen) atoms. The normalized spacial score (nSPS) is 18.8. The molecular weight excluding hydrogens is 354 g/mol. The highest BCUT2D eigenvalue weighted by atomic mass is 32.2. The predicted octanol–water partition coefficient (Wildman–Crippen LogP) is 4.03. The van der Waals surface area contributed by atoms with Gasteiger partial charge in [0.05, 0.1) is 11.5 Å². The van der Waals surface area contributed by atoms with Crippen molar-refractivity contribution in [2.24, 2.45) is 0 Å².